The molecule has 2 aromatic rings. The SMILES string of the molecule is CC[C@H](C)[C@H](NC(=O)[C@H](C)NC(=O)[C@@H](N)Cc1ccccc1)C(=O)N[C@@H](CCCCN)C(=O)NCC(=O)N[C@@H](CC(=O)O)C(=O)N[C@@H](Cc1ccc(O)cc1)C(=O)O. The summed E-state index contributed by atoms with van der Waals surface area (Å²) in [4.78, 5) is 102. The molecule has 19 heteroatoms. The van der Waals surface area contributed by atoms with Crippen LogP contribution in [0.15, 0.2) is 54.6 Å². The summed E-state index contributed by atoms with van der Waals surface area (Å²) < 4.78 is 0. The second-order valence-electron chi connectivity index (χ2n) is 13.9. The lowest BCUT2D eigenvalue weighted by atomic mass is 9.97. The van der Waals surface area contributed by atoms with Crippen LogP contribution in [0.2, 0.25) is 0 Å². The minimum atomic E-state index is -1.73. The van der Waals surface area contributed by atoms with E-state index in [-0.39, 0.29) is 25.0 Å². The average Bonchev–Trinajstić information content (AvgIpc) is 3.18. The third kappa shape index (κ3) is 17.0. The maximum absolute atomic E-state index is 13.6. The number of rotatable bonds is 25. The molecule has 0 aliphatic carbocycles. The van der Waals surface area contributed by atoms with Gasteiger partial charge in [0.1, 0.15) is 36.0 Å². The first-order valence-electron chi connectivity index (χ1n) is 19.0. The van der Waals surface area contributed by atoms with E-state index in [2.05, 4.69) is 31.9 Å². The lowest BCUT2D eigenvalue weighted by Crippen LogP contribution is -2.59. The zero-order valence-corrected chi connectivity index (χ0v) is 32.9. The van der Waals surface area contributed by atoms with Crippen molar-refractivity contribution in [3.05, 3.63) is 65.7 Å². The largest absolute Gasteiger partial charge is 0.508 e. The molecule has 19 nitrogen and oxygen atoms in total. The van der Waals surface area contributed by atoms with E-state index in [9.17, 15) is 53.7 Å². The number of phenols is 1. The topological polar surface area (TPSA) is 321 Å². The van der Waals surface area contributed by atoms with Crippen LogP contribution in [0, 0.1) is 5.92 Å². The van der Waals surface area contributed by atoms with E-state index in [0.29, 0.717) is 31.4 Å². The van der Waals surface area contributed by atoms with E-state index in [1.807, 2.05) is 30.3 Å². The number of benzene rings is 2. The second-order valence-corrected chi connectivity index (χ2v) is 13.9. The lowest BCUT2D eigenvalue weighted by molar-refractivity contribution is -0.143. The van der Waals surface area contributed by atoms with Crippen molar-refractivity contribution in [3.63, 3.8) is 0 Å². The summed E-state index contributed by atoms with van der Waals surface area (Å²) in [6, 6.07) is 7.02. The van der Waals surface area contributed by atoms with Crippen LogP contribution in [0.1, 0.15) is 64.0 Å². The van der Waals surface area contributed by atoms with Crippen LogP contribution in [-0.4, -0.2) is 112 Å². The number of aromatic hydroxyl groups is 1. The molecule has 2 aromatic carbocycles. The molecule has 2 rings (SSSR count). The third-order valence-corrected chi connectivity index (χ3v) is 9.20. The normalized spacial score (nSPS) is 14.5. The number of hydrogen-bond donors (Lipinski definition) is 11. The highest BCUT2D eigenvalue weighted by Gasteiger charge is 2.33. The maximum atomic E-state index is 13.6. The molecule has 318 valence electrons. The highest BCUT2D eigenvalue weighted by atomic mass is 16.4. The minimum absolute atomic E-state index is 0.0610. The predicted octanol–water partition coefficient (Wildman–Crippen LogP) is -1.20. The Kier molecular flexibility index (Phi) is 20.3. The Balaban J connectivity index is 2.08. The number of unbranched alkanes of at least 4 members (excludes halogenated alkanes) is 1. The van der Waals surface area contributed by atoms with Gasteiger partial charge in [0.05, 0.1) is 19.0 Å². The summed E-state index contributed by atoms with van der Waals surface area (Å²) >= 11 is 0. The first-order valence-corrected chi connectivity index (χ1v) is 19.0. The van der Waals surface area contributed by atoms with Crippen molar-refractivity contribution in [1.29, 1.82) is 0 Å². The first-order chi connectivity index (χ1) is 27.4. The molecule has 0 radical (unpaired) electrons. The van der Waals surface area contributed by atoms with Gasteiger partial charge in [-0.1, -0.05) is 62.7 Å². The summed E-state index contributed by atoms with van der Waals surface area (Å²) in [5.74, 6) is -8.26. The molecule has 0 fully saturated rings. The molecule has 0 bridgehead atoms. The van der Waals surface area contributed by atoms with Gasteiger partial charge >= 0.3 is 11.9 Å². The zero-order valence-electron chi connectivity index (χ0n) is 32.9. The van der Waals surface area contributed by atoms with Gasteiger partial charge in [-0.2, -0.15) is 0 Å². The van der Waals surface area contributed by atoms with E-state index < -0.39 is 103 Å². The van der Waals surface area contributed by atoms with Crippen LogP contribution in [0.5, 0.6) is 5.75 Å². The quantitative estimate of drug-likeness (QED) is 0.0526. The van der Waals surface area contributed by atoms with Crippen LogP contribution in [-0.2, 0) is 51.2 Å². The molecular formula is C39H56N8O11. The van der Waals surface area contributed by atoms with E-state index in [1.165, 1.54) is 31.2 Å². The summed E-state index contributed by atoms with van der Waals surface area (Å²) in [7, 11) is 0. The van der Waals surface area contributed by atoms with Gasteiger partial charge in [0.2, 0.25) is 35.4 Å². The molecule has 0 aromatic heterocycles. The number of nitrogens with one attached hydrogen (secondary N) is 6. The molecule has 0 aliphatic heterocycles. The first kappa shape index (κ1) is 48.1. The van der Waals surface area contributed by atoms with E-state index in [4.69, 9.17) is 11.5 Å². The monoisotopic (exact) mass is 812 g/mol. The van der Waals surface area contributed by atoms with E-state index >= 15 is 0 Å². The van der Waals surface area contributed by atoms with Gasteiger partial charge in [-0.05, 0) is 68.3 Å². The van der Waals surface area contributed by atoms with Gasteiger partial charge in [0, 0.05) is 6.42 Å². The molecule has 0 aliphatic rings. The fraction of sp³-hybridized carbons (Fsp3) is 0.487. The molecule has 13 N–H and O–H groups in total. The van der Waals surface area contributed by atoms with Crippen molar-refractivity contribution in [1.82, 2.24) is 31.9 Å². The third-order valence-electron chi connectivity index (χ3n) is 9.20. The van der Waals surface area contributed by atoms with Gasteiger partial charge < -0.3 is 58.7 Å². The van der Waals surface area contributed by atoms with Gasteiger partial charge in [-0.15, -0.1) is 0 Å². The molecule has 0 saturated carbocycles. The molecule has 0 unspecified atom stereocenters. The smallest absolute Gasteiger partial charge is 0.326 e. The Morgan fingerprint density at radius 3 is 1.88 bits per heavy atom. The number of carboxylic acids is 2. The van der Waals surface area contributed by atoms with Crippen molar-refractivity contribution < 1.29 is 53.7 Å². The maximum Gasteiger partial charge on any atom is 0.326 e. The number of phenolic OH excluding ortho intramolecular Hbond substituents is 1. The van der Waals surface area contributed by atoms with E-state index in [0.717, 1.165) is 5.56 Å². The van der Waals surface area contributed by atoms with Crippen LogP contribution >= 0.6 is 0 Å². The standard InChI is InChI=1S/C39H56N8O11/c1-4-22(2)33(47-34(52)23(3)43-35(53)27(41)18-24-10-6-5-7-11-24)38(56)45-28(12-8-9-17-40)36(54)42-21-31(49)44-29(20-32(50)51)37(55)46-30(39(57)58)19-25-13-15-26(48)16-14-25/h5-7,10-11,13-16,22-23,27-30,33,48H,4,8-9,12,17-21,40-41H2,1-3H3,(H,42,54)(H,43,53)(H,44,49)(H,45,56)(H,46,55)(H,47,52)(H,50,51)(H,57,58)/t22-,23-,27-,28-,29-,30-,33-/m0/s1. The highest BCUT2D eigenvalue weighted by Crippen LogP contribution is 2.13. The summed E-state index contributed by atoms with van der Waals surface area (Å²) in [6.07, 6.45) is 0.520. The van der Waals surface area contributed by atoms with Gasteiger partial charge in [-0.3, -0.25) is 33.6 Å². The van der Waals surface area contributed by atoms with Crippen LogP contribution in [0.3, 0.4) is 0 Å². The molecule has 0 saturated heterocycles. The summed E-state index contributed by atoms with van der Waals surface area (Å²) in [5, 5.41) is 43.1. The minimum Gasteiger partial charge on any atom is -0.508 e. The molecular weight excluding hydrogens is 756 g/mol. The van der Waals surface area contributed by atoms with Crippen molar-refractivity contribution in [2.24, 2.45) is 17.4 Å². The Morgan fingerprint density at radius 1 is 0.672 bits per heavy atom. The molecule has 0 heterocycles. The van der Waals surface area contributed by atoms with E-state index in [1.54, 1.807) is 13.8 Å². The second kappa shape index (κ2) is 24.5. The van der Waals surface area contributed by atoms with Gasteiger partial charge in [0.25, 0.3) is 0 Å². The Bertz CT molecular complexity index is 1710. The number of carbonyl (C=O) groups excluding carboxylic acids is 6. The predicted molar refractivity (Wildman–Crippen MR) is 211 cm³/mol. The van der Waals surface area contributed by atoms with Crippen LogP contribution in [0.4, 0.5) is 0 Å². The molecule has 0 spiro atoms. The van der Waals surface area contributed by atoms with Crippen molar-refractivity contribution in [2.45, 2.75) is 102 Å². The van der Waals surface area contributed by atoms with Crippen LogP contribution in [0.25, 0.3) is 0 Å². The summed E-state index contributed by atoms with van der Waals surface area (Å²) in [5.41, 5.74) is 13.0. The van der Waals surface area contributed by atoms with Crippen molar-refractivity contribution in [2.75, 3.05) is 13.1 Å². The number of hydrogen-bond acceptors (Lipinski definition) is 11. The number of nitrogens with two attached hydrogens (primary N) is 2. The van der Waals surface area contributed by atoms with Gasteiger partial charge in [-0.25, -0.2) is 4.79 Å². The van der Waals surface area contributed by atoms with Crippen LogP contribution < -0.4 is 43.4 Å². The number of amides is 6. The average molecular weight is 813 g/mol. The molecule has 7 atom stereocenters. The Morgan fingerprint density at radius 2 is 1.29 bits per heavy atom. The fourth-order valence-corrected chi connectivity index (χ4v) is 5.61. The Hall–Kier alpha value is -6.08. The lowest BCUT2D eigenvalue weighted by Gasteiger charge is -2.28. The molecule has 58 heavy (non-hydrogen) atoms. The number of carbonyl (C=O) groups is 8. The highest BCUT2D eigenvalue weighted by molar-refractivity contribution is 5.96. The van der Waals surface area contributed by atoms with Gasteiger partial charge in [0.15, 0.2) is 0 Å². The number of carboxylic acid groups (broad SMARTS) is 2. The number of aliphatic carboxylic acids is 2. The van der Waals surface area contributed by atoms with Crippen molar-refractivity contribution >= 4 is 47.4 Å². The Labute approximate surface area is 336 Å². The zero-order chi connectivity index (χ0) is 43.4. The fourth-order valence-electron chi connectivity index (χ4n) is 5.61. The molecule has 6 amide bonds. The van der Waals surface area contributed by atoms with Crippen molar-refractivity contribution in [3.8, 4) is 5.75 Å². The summed E-state index contributed by atoms with van der Waals surface area (Å²) in [6.45, 7) is 4.49.